The normalized spacial score (nSPS) is 11.8. The number of nitrogens with zero attached hydrogens (tertiary/aromatic N) is 2. The van der Waals surface area contributed by atoms with E-state index in [1.165, 1.54) is 0 Å². The predicted octanol–water partition coefficient (Wildman–Crippen LogP) is 3.13. The van der Waals surface area contributed by atoms with E-state index in [-0.39, 0.29) is 5.91 Å². The summed E-state index contributed by atoms with van der Waals surface area (Å²) in [5.74, 6) is 5.59. The van der Waals surface area contributed by atoms with Gasteiger partial charge in [-0.15, -0.1) is 0 Å². The third-order valence-electron chi connectivity index (χ3n) is 4.21. The zero-order chi connectivity index (χ0) is 17.7. The van der Waals surface area contributed by atoms with Gasteiger partial charge in [0.2, 0.25) is 5.91 Å². The van der Waals surface area contributed by atoms with Gasteiger partial charge in [-0.05, 0) is 25.0 Å². The molecule has 0 aliphatic heterocycles. The molecule has 0 aliphatic rings. The van der Waals surface area contributed by atoms with Crippen molar-refractivity contribution < 1.29 is 4.79 Å². The Hall–Kier alpha value is -2.18. The van der Waals surface area contributed by atoms with Gasteiger partial charge in [0.05, 0.1) is 5.69 Å². The molecule has 1 atom stereocenters. The van der Waals surface area contributed by atoms with Gasteiger partial charge in [0.25, 0.3) is 0 Å². The van der Waals surface area contributed by atoms with Gasteiger partial charge in [0.1, 0.15) is 10.7 Å². The number of nitrogen functional groups attached to an aromatic ring is 1. The Morgan fingerprint density at radius 2 is 1.96 bits per heavy atom. The molecule has 1 aromatic carbocycles. The van der Waals surface area contributed by atoms with Gasteiger partial charge in [-0.3, -0.25) is 10.6 Å². The first-order valence-corrected chi connectivity index (χ1v) is 8.46. The van der Waals surface area contributed by atoms with Crippen molar-refractivity contribution >= 4 is 23.8 Å². The third kappa shape index (κ3) is 3.49. The molecule has 128 valence electrons. The molecule has 0 bridgehead atoms. The van der Waals surface area contributed by atoms with Gasteiger partial charge < -0.3 is 14.9 Å². The van der Waals surface area contributed by atoms with E-state index in [0.717, 1.165) is 23.2 Å². The van der Waals surface area contributed by atoms with Crippen LogP contribution in [-0.2, 0) is 11.2 Å². The molecule has 2 aromatic rings. The summed E-state index contributed by atoms with van der Waals surface area (Å²) >= 11 is 5.66. The van der Waals surface area contributed by atoms with Gasteiger partial charge in [-0.25, -0.2) is 0 Å². The number of likely N-dealkylation sites (N-methyl/N-ethyl adjacent to an activating group) is 1. The SMILES string of the molecule is CCc1c(NN)ccn(C(C(=O)N(C)CC)c2ccccc2)c1=S. The number of carbonyl (C=O) groups is 1. The monoisotopic (exact) mass is 344 g/mol. The molecule has 0 fully saturated rings. The third-order valence-corrected chi connectivity index (χ3v) is 4.66. The molecule has 2 rings (SSSR count). The van der Waals surface area contributed by atoms with Gasteiger partial charge in [-0.2, -0.15) is 0 Å². The lowest BCUT2D eigenvalue weighted by Crippen LogP contribution is -2.35. The Morgan fingerprint density at radius 1 is 1.29 bits per heavy atom. The first-order valence-electron chi connectivity index (χ1n) is 8.05. The molecule has 6 heteroatoms. The number of hydrogen-bond donors (Lipinski definition) is 2. The first kappa shape index (κ1) is 18.2. The van der Waals surface area contributed by atoms with Crippen molar-refractivity contribution in [3.8, 4) is 0 Å². The van der Waals surface area contributed by atoms with E-state index >= 15 is 0 Å². The summed E-state index contributed by atoms with van der Waals surface area (Å²) in [6, 6.07) is 11.1. The number of hydrogen-bond acceptors (Lipinski definition) is 4. The summed E-state index contributed by atoms with van der Waals surface area (Å²) in [6.07, 6.45) is 2.56. The second kappa shape index (κ2) is 8.08. The lowest BCUT2D eigenvalue weighted by molar-refractivity contribution is -0.132. The average molecular weight is 344 g/mol. The van der Waals surface area contributed by atoms with E-state index in [2.05, 4.69) is 5.43 Å². The van der Waals surface area contributed by atoms with Crippen LogP contribution in [0.5, 0.6) is 0 Å². The van der Waals surface area contributed by atoms with Crippen molar-refractivity contribution in [2.45, 2.75) is 26.3 Å². The number of aromatic nitrogens is 1. The number of rotatable bonds is 6. The van der Waals surface area contributed by atoms with Crippen LogP contribution in [0.15, 0.2) is 42.6 Å². The minimum atomic E-state index is -0.485. The van der Waals surface area contributed by atoms with Crippen LogP contribution < -0.4 is 11.3 Å². The van der Waals surface area contributed by atoms with Crippen LogP contribution >= 0.6 is 12.2 Å². The lowest BCUT2D eigenvalue weighted by Gasteiger charge is -2.26. The Balaban J connectivity index is 2.65. The molecule has 0 radical (unpaired) electrons. The fourth-order valence-electron chi connectivity index (χ4n) is 2.70. The number of carbonyl (C=O) groups excluding carboxylic acids is 1. The van der Waals surface area contributed by atoms with E-state index in [9.17, 15) is 4.79 Å². The Labute approximate surface area is 148 Å². The molecule has 1 aromatic heterocycles. The summed E-state index contributed by atoms with van der Waals surface area (Å²) in [4.78, 5) is 14.7. The highest BCUT2D eigenvalue weighted by Crippen LogP contribution is 2.25. The van der Waals surface area contributed by atoms with Crippen LogP contribution in [0.2, 0.25) is 0 Å². The lowest BCUT2D eigenvalue weighted by atomic mass is 10.0. The van der Waals surface area contributed by atoms with Crippen LogP contribution in [-0.4, -0.2) is 29.0 Å². The van der Waals surface area contributed by atoms with E-state index in [4.69, 9.17) is 18.1 Å². The standard InChI is InChI=1S/C18H24N4OS/c1-4-14-15(20-19)11-12-22(18(14)24)16(17(23)21(3)5-2)13-9-7-6-8-10-13/h6-12,16,20H,4-5,19H2,1-3H3. The van der Waals surface area contributed by atoms with Crippen LogP contribution in [0.3, 0.4) is 0 Å². The molecule has 0 saturated heterocycles. The van der Waals surface area contributed by atoms with Gasteiger partial charge in [0, 0.05) is 25.4 Å². The quantitative estimate of drug-likeness (QED) is 0.480. The number of amides is 1. The van der Waals surface area contributed by atoms with Crippen molar-refractivity contribution in [1.82, 2.24) is 9.47 Å². The summed E-state index contributed by atoms with van der Waals surface area (Å²) in [7, 11) is 1.80. The molecular weight excluding hydrogens is 320 g/mol. The zero-order valence-corrected chi connectivity index (χ0v) is 15.1. The van der Waals surface area contributed by atoms with Crippen LogP contribution in [0.25, 0.3) is 0 Å². The number of anilines is 1. The fraction of sp³-hybridized carbons (Fsp3) is 0.333. The van der Waals surface area contributed by atoms with E-state index in [1.807, 2.05) is 61.0 Å². The van der Waals surface area contributed by atoms with Gasteiger partial charge in [0.15, 0.2) is 0 Å². The maximum Gasteiger partial charge on any atom is 0.250 e. The van der Waals surface area contributed by atoms with Crippen molar-refractivity contribution in [2.75, 3.05) is 19.0 Å². The number of hydrazine groups is 1. The Morgan fingerprint density at radius 3 is 2.50 bits per heavy atom. The average Bonchev–Trinajstić information content (AvgIpc) is 2.62. The largest absolute Gasteiger partial charge is 0.344 e. The highest BCUT2D eigenvalue weighted by molar-refractivity contribution is 7.71. The fourth-order valence-corrected chi connectivity index (χ4v) is 3.12. The summed E-state index contributed by atoms with van der Waals surface area (Å²) in [5, 5.41) is 0. The topological polar surface area (TPSA) is 63.3 Å². The van der Waals surface area contributed by atoms with E-state index < -0.39 is 6.04 Å². The Bertz CT molecular complexity index is 757. The molecule has 0 spiro atoms. The molecule has 1 amide bonds. The predicted molar refractivity (Wildman–Crippen MR) is 100 cm³/mol. The van der Waals surface area contributed by atoms with Crippen molar-refractivity contribution in [3.63, 3.8) is 0 Å². The zero-order valence-electron chi connectivity index (χ0n) is 14.3. The molecule has 1 heterocycles. The van der Waals surface area contributed by atoms with E-state index in [1.54, 1.807) is 11.9 Å². The molecular formula is C18H24N4OS. The van der Waals surface area contributed by atoms with Crippen molar-refractivity contribution in [1.29, 1.82) is 0 Å². The first-order chi connectivity index (χ1) is 11.5. The smallest absolute Gasteiger partial charge is 0.250 e. The molecule has 0 aliphatic carbocycles. The van der Waals surface area contributed by atoms with Crippen molar-refractivity contribution in [2.24, 2.45) is 5.84 Å². The van der Waals surface area contributed by atoms with Crippen molar-refractivity contribution in [3.05, 3.63) is 58.4 Å². The van der Waals surface area contributed by atoms with Crippen LogP contribution in [0.4, 0.5) is 5.69 Å². The van der Waals surface area contributed by atoms with Crippen LogP contribution in [0, 0.1) is 4.64 Å². The highest BCUT2D eigenvalue weighted by Gasteiger charge is 2.25. The second-order valence-electron chi connectivity index (χ2n) is 5.58. The molecule has 3 N–H and O–H groups in total. The van der Waals surface area contributed by atoms with Gasteiger partial charge in [-0.1, -0.05) is 49.5 Å². The highest BCUT2D eigenvalue weighted by atomic mass is 32.1. The maximum atomic E-state index is 13.0. The number of pyridine rings is 1. The molecule has 1 unspecified atom stereocenters. The summed E-state index contributed by atoms with van der Waals surface area (Å²) in [6.45, 7) is 4.62. The molecule has 0 saturated carbocycles. The van der Waals surface area contributed by atoms with Crippen LogP contribution in [0.1, 0.15) is 31.0 Å². The summed E-state index contributed by atoms with van der Waals surface area (Å²) in [5.41, 5.74) is 5.32. The number of nitrogens with one attached hydrogen (secondary N) is 1. The van der Waals surface area contributed by atoms with E-state index in [0.29, 0.717) is 11.2 Å². The maximum absolute atomic E-state index is 13.0. The second-order valence-corrected chi connectivity index (χ2v) is 5.97. The minimum Gasteiger partial charge on any atom is -0.344 e. The number of benzene rings is 1. The number of nitrogens with two attached hydrogens (primary N) is 1. The minimum absolute atomic E-state index is 0.00955. The van der Waals surface area contributed by atoms with Gasteiger partial charge >= 0.3 is 0 Å². The molecule has 24 heavy (non-hydrogen) atoms. The molecule has 5 nitrogen and oxygen atoms in total. The summed E-state index contributed by atoms with van der Waals surface area (Å²) < 4.78 is 2.48. The Kier molecular flexibility index (Phi) is 6.11.